The summed E-state index contributed by atoms with van der Waals surface area (Å²) in [5, 5.41) is 9.57. The number of rotatable bonds is 1. The van der Waals surface area contributed by atoms with E-state index >= 15 is 0 Å². The second-order valence-electron chi connectivity index (χ2n) is 3.04. The molecular weight excluding hydrogens is 172 g/mol. The first-order valence-corrected chi connectivity index (χ1v) is 5.18. The number of piperazine rings is 1. The largest absolute Gasteiger partial charge is 0.314 e. The van der Waals surface area contributed by atoms with Crippen LogP contribution in [-0.4, -0.2) is 54.2 Å². The lowest BCUT2D eigenvalue weighted by atomic mass is 10.4. The molecule has 1 fully saturated rings. The predicted octanol–water partition coefficient (Wildman–Crippen LogP) is -0.203. The topological polar surface area (TPSA) is 30.9 Å². The Morgan fingerprint density at radius 2 is 2.25 bits per heavy atom. The van der Waals surface area contributed by atoms with Gasteiger partial charge in [-0.2, -0.15) is 5.10 Å². The van der Waals surface area contributed by atoms with Crippen molar-refractivity contribution in [2.24, 2.45) is 5.10 Å². The van der Waals surface area contributed by atoms with Gasteiger partial charge < -0.3 is 5.32 Å². The van der Waals surface area contributed by atoms with Crippen molar-refractivity contribution in [3.05, 3.63) is 0 Å². The number of nitrogens with zero attached hydrogens (tertiary/aromatic N) is 3. The van der Waals surface area contributed by atoms with E-state index in [0.717, 1.165) is 26.2 Å². The molecule has 4 nitrogen and oxygen atoms in total. The minimum Gasteiger partial charge on any atom is -0.314 e. The SMILES string of the molecule is CN1N=CSC1N1CCNCC1. The second-order valence-corrected chi connectivity index (χ2v) is 3.95. The van der Waals surface area contributed by atoms with Crippen LogP contribution in [0.25, 0.3) is 0 Å². The summed E-state index contributed by atoms with van der Waals surface area (Å²) in [5.74, 6) is 0. The number of hydrogen-bond donors (Lipinski definition) is 1. The van der Waals surface area contributed by atoms with Crippen LogP contribution in [0, 0.1) is 0 Å². The van der Waals surface area contributed by atoms with Crippen molar-refractivity contribution in [3.8, 4) is 0 Å². The van der Waals surface area contributed by atoms with E-state index in [1.165, 1.54) is 0 Å². The monoisotopic (exact) mass is 186 g/mol. The molecule has 2 rings (SSSR count). The van der Waals surface area contributed by atoms with Gasteiger partial charge in [0, 0.05) is 33.2 Å². The van der Waals surface area contributed by atoms with Crippen LogP contribution >= 0.6 is 11.8 Å². The first kappa shape index (κ1) is 8.34. The molecule has 0 aromatic heterocycles. The summed E-state index contributed by atoms with van der Waals surface area (Å²) < 4.78 is 0. The number of thioether (sulfide) groups is 1. The van der Waals surface area contributed by atoms with E-state index in [-0.39, 0.29) is 0 Å². The average Bonchev–Trinajstić information content (AvgIpc) is 2.53. The maximum Gasteiger partial charge on any atom is 0.151 e. The highest BCUT2D eigenvalue weighted by Gasteiger charge is 2.26. The molecule has 2 aliphatic heterocycles. The Kier molecular flexibility index (Phi) is 2.53. The molecule has 0 radical (unpaired) electrons. The van der Waals surface area contributed by atoms with Crippen molar-refractivity contribution in [2.45, 2.75) is 5.50 Å². The molecule has 0 bridgehead atoms. The smallest absolute Gasteiger partial charge is 0.151 e. The summed E-state index contributed by atoms with van der Waals surface area (Å²) in [5.41, 5.74) is 2.36. The van der Waals surface area contributed by atoms with Crippen molar-refractivity contribution in [1.82, 2.24) is 15.2 Å². The van der Waals surface area contributed by atoms with Gasteiger partial charge in [-0.05, 0) is 0 Å². The molecule has 5 heteroatoms. The minimum absolute atomic E-state index is 0.437. The Labute approximate surface area is 77.0 Å². The van der Waals surface area contributed by atoms with Gasteiger partial charge in [0.2, 0.25) is 0 Å². The molecule has 0 saturated carbocycles. The van der Waals surface area contributed by atoms with E-state index in [0.29, 0.717) is 5.50 Å². The van der Waals surface area contributed by atoms with Gasteiger partial charge in [0.05, 0.1) is 5.55 Å². The van der Waals surface area contributed by atoms with Gasteiger partial charge in [0.25, 0.3) is 0 Å². The van der Waals surface area contributed by atoms with E-state index in [1.54, 1.807) is 11.8 Å². The molecule has 0 aliphatic carbocycles. The molecule has 0 aromatic carbocycles. The normalized spacial score (nSPS) is 31.4. The molecule has 2 heterocycles. The zero-order valence-corrected chi connectivity index (χ0v) is 8.05. The van der Waals surface area contributed by atoms with Crippen molar-refractivity contribution in [1.29, 1.82) is 0 Å². The quantitative estimate of drug-likeness (QED) is 0.614. The van der Waals surface area contributed by atoms with Crippen molar-refractivity contribution in [2.75, 3.05) is 33.2 Å². The van der Waals surface area contributed by atoms with Crippen LogP contribution < -0.4 is 5.32 Å². The van der Waals surface area contributed by atoms with E-state index in [1.807, 2.05) is 17.6 Å². The molecule has 0 aromatic rings. The van der Waals surface area contributed by atoms with Crippen LogP contribution in [0.4, 0.5) is 0 Å². The number of nitrogens with one attached hydrogen (secondary N) is 1. The van der Waals surface area contributed by atoms with Crippen molar-refractivity contribution in [3.63, 3.8) is 0 Å². The van der Waals surface area contributed by atoms with E-state index < -0.39 is 0 Å². The van der Waals surface area contributed by atoms with Crippen LogP contribution in [0.15, 0.2) is 5.10 Å². The number of hydrogen-bond acceptors (Lipinski definition) is 5. The highest BCUT2D eigenvalue weighted by atomic mass is 32.2. The van der Waals surface area contributed by atoms with Crippen LogP contribution in [0.1, 0.15) is 0 Å². The lowest BCUT2D eigenvalue weighted by Gasteiger charge is -2.34. The van der Waals surface area contributed by atoms with Crippen molar-refractivity contribution < 1.29 is 0 Å². The maximum absolute atomic E-state index is 4.20. The summed E-state index contributed by atoms with van der Waals surface area (Å²) in [6.07, 6.45) is 0. The summed E-state index contributed by atoms with van der Waals surface area (Å²) in [6.45, 7) is 4.46. The molecule has 0 spiro atoms. The van der Waals surface area contributed by atoms with Gasteiger partial charge >= 0.3 is 0 Å². The Balaban J connectivity index is 1.90. The Morgan fingerprint density at radius 1 is 1.50 bits per heavy atom. The standard InChI is InChI=1S/C7H14N4S/c1-10-7(12-6-9-10)11-4-2-8-3-5-11/h6-8H,2-5H2,1H3. The zero-order valence-electron chi connectivity index (χ0n) is 7.23. The highest BCUT2D eigenvalue weighted by Crippen LogP contribution is 2.22. The highest BCUT2D eigenvalue weighted by molar-refractivity contribution is 8.12. The predicted molar refractivity (Wildman–Crippen MR) is 52.1 cm³/mol. The van der Waals surface area contributed by atoms with Crippen LogP contribution in [0.2, 0.25) is 0 Å². The lowest BCUT2D eigenvalue weighted by Crippen LogP contribution is -2.50. The van der Waals surface area contributed by atoms with Gasteiger partial charge in [-0.1, -0.05) is 11.8 Å². The Hall–Kier alpha value is -0.260. The van der Waals surface area contributed by atoms with E-state index in [2.05, 4.69) is 15.3 Å². The fraction of sp³-hybridized carbons (Fsp3) is 0.857. The molecule has 1 unspecified atom stereocenters. The van der Waals surface area contributed by atoms with Crippen molar-refractivity contribution >= 4 is 17.3 Å². The fourth-order valence-corrected chi connectivity index (χ4v) is 2.45. The van der Waals surface area contributed by atoms with Crippen LogP contribution in [0.3, 0.4) is 0 Å². The second kappa shape index (κ2) is 3.64. The summed E-state index contributed by atoms with van der Waals surface area (Å²) in [6, 6.07) is 0. The zero-order chi connectivity index (χ0) is 8.39. The van der Waals surface area contributed by atoms with Crippen LogP contribution in [0.5, 0.6) is 0 Å². The van der Waals surface area contributed by atoms with Gasteiger partial charge in [-0.25, -0.2) is 0 Å². The molecule has 1 saturated heterocycles. The Morgan fingerprint density at radius 3 is 2.83 bits per heavy atom. The molecule has 68 valence electrons. The lowest BCUT2D eigenvalue weighted by molar-refractivity contribution is 0.121. The molecule has 0 amide bonds. The van der Waals surface area contributed by atoms with Gasteiger partial charge in [0.1, 0.15) is 0 Å². The fourth-order valence-electron chi connectivity index (χ4n) is 1.53. The van der Waals surface area contributed by atoms with Gasteiger partial charge in [-0.15, -0.1) is 0 Å². The summed E-state index contributed by atoms with van der Waals surface area (Å²) >= 11 is 1.79. The third kappa shape index (κ3) is 1.57. The molecular formula is C7H14N4S. The van der Waals surface area contributed by atoms with E-state index in [4.69, 9.17) is 0 Å². The van der Waals surface area contributed by atoms with Gasteiger partial charge in [-0.3, -0.25) is 9.91 Å². The molecule has 1 atom stereocenters. The Bertz CT molecular complexity index is 178. The summed E-state index contributed by atoms with van der Waals surface area (Å²) in [7, 11) is 2.03. The molecule has 12 heavy (non-hydrogen) atoms. The first-order chi connectivity index (χ1) is 5.88. The van der Waals surface area contributed by atoms with Gasteiger partial charge in [0.15, 0.2) is 5.50 Å². The minimum atomic E-state index is 0.437. The summed E-state index contributed by atoms with van der Waals surface area (Å²) in [4.78, 5) is 2.45. The first-order valence-electron chi connectivity index (χ1n) is 4.23. The number of hydrazone groups is 1. The average molecular weight is 186 g/mol. The third-order valence-corrected chi connectivity index (χ3v) is 3.26. The maximum atomic E-state index is 4.20. The molecule has 2 aliphatic rings. The van der Waals surface area contributed by atoms with E-state index in [9.17, 15) is 0 Å². The third-order valence-electron chi connectivity index (χ3n) is 2.20. The van der Waals surface area contributed by atoms with Crippen LogP contribution in [-0.2, 0) is 0 Å². The molecule has 1 N–H and O–H groups in total.